The van der Waals surface area contributed by atoms with Crippen molar-refractivity contribution in [1.29, 1.82) is 0 Å². The molecule has 0 aliphatic rings. The Hall–Kier alpha value is -1.43. The molecule has 2 rings (SSSR count). The minimum atomic E-state index is -4.43. The molecule has 0 spiro atoms. The van der Waals surface area contributed by atoms with Crippen molar-refractivity contribution in [1.82, 2.24) is 0 Å². The van der Waals surface area contributed by atoms with Crippen LogP contribution in [0, 0.1) is 0 Å². The molecule has 1 atom stereocenters. The molecule has 0 fully saturated rings. The van der Waals surface area contributed by atoms with Gasteiger partial charge in [-0.1, -0.05) is 47.5 Å². The number of alkyl halides is 1. The van der Waals surface area contributed by atoms with Crippen molar-refractivity contribution in [2.75, 3.05) is 0 Å². The van der Waals surface area contributed by atoms with Crippen molar-refractivity contribution in [3.8, 4) is 0 Å². The molecule has 0 N–H and O–H groups in total. The Morgan fingerprint density at radius 1 is 0.913 bits per heavy atom. The van der Waals surface area contributed by atoms with E-state index in [1.54, 1.807) is 0 Å². The average molecular weight is 375 g/mol. The highest BCUT2D eigenvalue weighted by atomic mass is 35.5. The second-order valence-corrected chi connectivity index (χ2v) is 7.94. The first-order chi connectivity index (χ1) is 10.7. The lowest BCUT2D eigenvalue weighted by molar-refractivity contribution is -0.119. The SMILES string of the molecule is CC(=O)C(F)S(=O)(=O)C(c1ccc(Cl)cc1)c1ccc(Cl)cc1. The van der Waals surface area contributed by atoms with E-state index >= 15 is 0 Å². The Morgan fingerprint density at radius 2 is 1.26 bits per heavy atom. The van der Waals surface area contributed by atoms with Gasteiger partial charge < -0.3 is 0 Å². The third-order valence-electron chi connectivity index (χ3n) is 3.28. The number of hydrogen-bond donors (Lipinski definition) is 0. The van der Waals surface area contributed by atoms with E-state index in [1.165, 1.54) is 48.5 Å². The zero-order chi connectivity index (χ0) is 17.2. The maximum Gasteiger partial charge on any atom is 0.258 e. The minimum absolute atomic E-state index is 0.320. The molecule has 0 heterocycles. The molecule has 0 amide bonds. The number of hydrogen-bond acceptors (Lipinski definition) is 3. The minimum Gasteiger partial charge on any atom is -0.296 e. The smallest absolute Gasteiger partial charge is 0.258 e. The van der Waals surface area contributed by atoms with Gasteiger partial charge in [0.05, 0.1) is 0 Å². The number of halogens is 3. The fourth-order valence-electron chi connectivity index (χ4n) is 2.20. The van der Waals surface area contributed by atoms with E-state index in [4.69, 9.17) is 23.2 Å². The van der Waals surface area contributed by atoms with E-state index in [2.05, 4.69) is 0 Å². The molecule has 0 aliphatic heterocycles. The van der Waals surface area contributed by atoms with E-state index < -0.39 is 26.4 Å². The highest BCUT2D eigenvalue weighted by molar-refractivity contribution is 7.93. The zero-order valence-electron chi connectivity index (χ0n) is 12.0. The van der Waals surface area contributed by atoms with Crippen LogP contribution in [0.25, 0.3) is 0 Å². The summed E-state index contributed by atoms with van der Waals surface area (Å²) in [5.41, 5.74) is -1.96. The van der Waals surface area contributed by atoms with Gasteiger partial charge in [-0.2, -0.15) is 0 Å². The standard InChI is InChI=1S/C16H13Cl2FO3S/c1-10(20)16(19)23(21,22)15(11-2-6-13(17)7-3-11)12-4-8-14(18)9-5-12/h2-9,15-16H,1H3. The first-order valence-corrected chi connectivity index (χ1v) is 8.98. The van der Waals surface area contributed by atoms with Gasteiger partial charge in [0.25, 0.3) is 5.50 Å². The van der Waals surface area contributed by atoms with Gasteiger partial charge in [0.2, 0.25) is 9.84 Å². The summed E-state index contributed by atoms with van der Waals surface area (Å²) in [6.45, 7) is 0.906. The molecule has 0 bridgehead atoms. The highest BCUT2D eigenvalue weighted by Crippen LogP contribution is 2.35. The Labute approximate surface area is 144 Å². The van der Waals surface area contributed by atoms with Gasteiger partial charge >= 0.3 is 0 Å². The van der Waals surface area contributed by atoms with Crippen molar-refractivity contribution in [2.45, 2.75) is 17.7 Å². The van der Waals surface area contributed by atoms with Crippen LogP contribution in [0.1, 0.15) is 23.3 Å². The van der Waals surface area contributed by atoms with E-state index in [0.717, 1.165) is 6.92 Å². The lowest BCUT2D eigenvalue weighted by Gasteiger charge is -2.20. The molecule has 7 heteroatoms. The summed E-state index contributed by atoms with van der Waals surface area (Å²) in [4.78, 5) is 11.3. The van der Waals surface area contributed by atoms with E-state index in [9.17, 15) is 17.6 Å². The second kappa shape index (κ2) is 6.99. The van der Waals surface area contributed by atoms with Crippen LogP contribution in [-0.2, 0) is 14.6 Å². The lowest BCUT2D eigenvalue weighted by atomic mass is 10.0. The van der Waals surface area contributed by atoms with Crippen LogP contribution in [0.4, 0.5) is 4.39 Å². The molecule has 0 saturated heterocycles. The highest BCUT2D eigenvalue weighted by Gasteiger charge is 2.39. The van der Waals surface area contributed by atoms with Gasteiger partial charge in [0, 0.05) is 10.0 Å². The summed E-state index contributed by atoms with van der Waals surface area (Å²) in [7, 11) is -4.43. The molecular formula is C16H13Cl2FO3S. The molecule has 3 nitrogen and oxygen atoms in total. The molecule has 0 radical (unpaired) electrons. The molecular weight excluding hydrogens is 362 g/mol. The van der Waals surface area contributed by atoms with Crippen LogP contribution < -0.4 is 0 Å². The Balaban J connectivity index is 2.62. The molecule has 23 heavy (non-hydrogen) atoms. The average Bonchev–Trinajstić information content (AvgIpc) is 2.50. The van der Waals surface area contributed by atoms with Crippen LogP contribution >= 0.6 is 23.2 Å². The van der Waals surface area contributed by atoms with Gasteiger partial charge in [0.1, 0.15) is 5.25 Å². The molecule has 0 aromatic heterocycles. The van der Waals surface area contributed by atoms with Gasteiger partial charge in [-0.15, -0.1) is 0 Å². The van der Waals surface area contributed by atoms with Crippen molar-refractivity contribution >= 4 is 38.8 Å². The maximum atomic E-state index is 14.1. The number of Topliss-reactive ketones (excluding diaryl/α,β-unsaturated/α-hetero) is 1. The number of rotatable bonds is 5. The topological polar surface area (TPSA) is 51.2 Å². The van der Waals surface area contributed by atoms with Crippen molar-refractivity contribution in [3.63, 3.8) is 0 Å². The van der Waals surface area contributed by atoms with Crippen molar-refractivity contribution in [2.24, 2.45) is 0 Å². The molecule has 1 unspecified atom stereocenters. The molecule has 122 valence electrons. The quantitative estimate of drug-likeness (QED) is 0.779. The molecule has 0 saturated carbocycles. The predicted molar refractivity (Wildman–Crippen MR) is 89.2 cm³/mol. The Morgan fingerprint density at radius 3 is 1.57 bits per heavy atom. The van der Waals surface area contributed by atoms with Crippen LogP contribution in [0.3, 0.4) is 0 Å². The molecule has 2 aromatic carbocycles. The number of carbonyl (C=O) groups is 1. The summed E-state index contributed by atoms with van der Waals surface area (Å²) >= 11 is 11.6. The fourth-order valence-corrected chi connectivity index (χ4v) is 4.22. The largest absolute Gasteiger partial charge is 0.296 e. The Bertz CT molecular complexity index is 757. The van der Waals surface area contributed by atoms with Crippen LogP contribution in [0.5, 0.6) is 0 Å². The normalized spacial score (nSPS) is 13.1. The number of carbonyl (C=O) groups excluding carboxylic acids is 1. The van der Waals surface area contributed by atoms with Gasteiger partial charge in [-0.05, 0) is 42.3 Å². The monoisotopic (exact) mass is 374 g/mol. The first-order valence-electron chi connectivity index (χ1n) is 6.61. The van der Waals surface area contributed by atoms with E-state index in [-0.39, 0.29) is 0 Å². The summed E-state index contributed by atoms with van der Waals surface area (Å²) in [5.74, 6) is -1.06. The molecule has 0 aliphatic carbocycles. The number of benzene rings is 2. The van der Waals surface area contributed by atoms with Crippen LogP contribution in [0.15, 0.2) is 48.5 Å². The maximum absolute atomic E-state index is 14.1. The fraction of sp³-hybridized carbons (Fsp3) is 0.188. The summed E-state index contributed by atoms with van der Waals surface area (Å²) in [6.07, 6.45) is 0. The Kier molecular flexibility index (Phi) is 5.45. The van der Waals surface area contributed by atoms with Crippen LogP contribution in [0.2, 0.25) is 10.0 Å². The third-order valence-corrected chi connectivity index (χ3v) is 5.90. The first kappa shape index (κ1) is 17.9. The van der Waals surface area contributed by atoms with Crippen molar-refractivity contribution in [3.05, 3.63) is 69.7 Å². The summed E-state index contributed by atoms with van der Waals surface area (Å²) < 4.78 is 39.3. The van der Waals surface area contributed by atoms with Crippen LogP contribution in [-0.4, -0.2) is 19.7 Å². The second-order valence-electron chi connectivity index (χ2n) is 5.00. The predicted octanol–water partition coefficient (Wildman–Crippen LogP) is 4.38. The number of sulfone groups is 1. The van der Waals surface area contributed by atoms with Gasteiger partial charge in [-0.25, -0.2) is 12.8 Å². The summed E-state index contributed by atoms with van der Waals surface area (Å²) in [5, 5.41) is -0.482. The zero-order valence-corrected chi connectivity index (χ0v) is 14.4. The third kappa shape index (κ3) is 3.91. The van der Waals surface area contributed by atoms with Crippen molar-refractivity contribution < 1.29 is 17.6 Å². The molecule has 2 aromatic rings. The van der Waals surface area contributed by atoms with Gasteiger partial charge in [-0.3, -0.25) is 4.79 Å². The number of ketones is 1. The van der Waals surface area contributed by atoms with Gasteiger partial charge in [0.15, 0.2) is 5.78 Å². The summed E-state index contributed by atoms with van der Waals surface area (Å²) in [6, 6.07) is 12.0. The van der Waals surface area contributed by atoms with E-state index in [1.807, 2.05) is 0 Å². The lowest BCUT2D eigenvalue weighted by Crippen LogP contribution is -2.29. The van der Waals surface area contributed by atoms with E-state index in [0.29, 0.717) is 21.2 Å².